The van der Waals surface area contributed by atoms with Crippen LogP contribution in [0.3, 0.4) is 0 Å². The van der Waals surface area contributed by atoms with Crippen LogP contribution in [0.15, 0.2) is 18.2 Å². The number of hydrogen-bond acceptors (Lipinski definition) is 2. The molecular formula is C17H19F4NO2. The Balaban J connectivity index is 1.92. The number of fused-ring (bicyclic) bond motifs is 1. The molecule has 3 atom stereocenters. The van der Waals surface area contributed by atoms with Crippen LogP contribution in [-0.2, 0) is 17.5 Å². The second-order valence-corrected chi connectivity index (χ2v) is 6.67. The van der Waals surface area contributed by atoms with Gasteiger partial charge in [-0.2, -0.15) is 13.2 Å². The van der Waals surface area contributed by atoms with Crippen molar-refractivity contribution in [1.82, 2.24) is 4.90 Å². The van der Waals surface area contributed by atoms with Crippen molar-refractivity contribution in [2.45, 2.75) is 56.9 Å². The molecule has 0 spiro atoms. The number of carbonyl (C=O) groups is 1. The molecule has 1 aromatic carbocycles. The molecule has 1 N–H and O–H groups in total. The fraction of sp³-hybridized carbons (Fsp3) is 0.588. The second kappa shape index (κ2) is 6.35. The van der Waals surface area contributed by atoms with Gasteiger partial charge in [0.1, 0.15) is 11.9 Å². The lowest BCUT2D eigenvalue weighted by Crippen LogP contribution is -2.42. The topological polar surface area (TPSA) is 40.5 Å². The molecule has 1 heterocycles. The summed E-state index contributed by atoms with van der Waals surface area (Å²) in [6.07, 6.45) is -0.479. The Morgan fingerprint density at radius 3 is 2.62 bits per heavy atom. The molecule has 24 heavy (non-hydrogen) atoms. The zero-order valence-corrected chi connectivity index (χ0v) is 13.0. The average Bonchev–Trinajstić information content (AvgIpc) is 2.87. The molecule has 1 aromatic rings. The highest BCUT2D eigenvalue weighted by molar-refractivity contribution is 5.74. The number of benzene rings is 1. The molecule has 0 amide bonds. The van der Waals surface area contributed by atoms with Gasteiger partial charge in [0.05, 0.1) is 5.56 Å². The number of nitrogens with zero attached hydrogens (tertiary/aromatic N) is 1. The molecule has 132 valence electrons. The van der Waals surface area contributed by atoms with Crippen LogP contribution >= 0.6 is 0 Å². The van der Waals surface area contributed by atoms with Crippen LogP contribution in [0.2, 0.25) is 0 Å². The maximum absolute atomic E-state index is 13.3. The summed E-state index contributed by atoms with van der Waals surface area (Å²) in [5.74, 6) is -1.73. The Bertz CT molecular complexity index is 632. The molecule has 0 bridgehead atoms. The van der Waals surface area contributed by atoms with Gasteiger partial charge in [-0.25, -0.2) is 4.39 Å². The van der Waals surface area contributed by atoms with Crippen LogP contribution in [0, 0.1) is 11.7 Å². The lowest BCUT2D eigenvalue weighted by atomic mass is 9.84. The van der Waals surface area contributed by atoms with Gasteiger partial charge < -0.3 is 5.11 Å². The zero-order chi connectivity index (χ0) is 17.5. The first kappa shape index (κ1) is 17.2. The van der Waals surface area contributed by atoms with E-state index in [9.17, 15) is 27.5 Å². The molecule has 0 aromatic heterocycles. The Morgan fingerprint density at radius 1 is 1.25 bits per heavy atom. The van der Waals surface area contributed by atoms with Crippen molar-refractivity contribution in [1.29, 1.82) is 0 Å². The minimum absolute atomic E-state index is 0.00835. The summed E-state index contributed by atoms with van der Waals surface area (Å²) in [4.78, 5) is 13.2. The molecule has 3 nitrogen and oxygen atoms in total. The number of rotatable bonds is 3. The number of aliphatic carboxylic acids is 1. The predicted octanol–water partition coefficient (Wildman–Crippen LogP) is 4.06. The Kier molecular flexibility index (Phi) is 4.55. The first-order valence-electron chi connectivity index (χ1n) is 8.11. The van der Waals surface area contributed by atoms with E-state index in [1.807, 2.05) is 0 Å². The first-order valence-corrected chi connectivity index (χ1v) is 8.11. The summed E-state index contributed by atoms with van der Waals surface area (Å²) in [7, 11) is 0. The normalized spacial score (nSPS) is 27.9. The van der Waals surface area contributed by atoms with Gasteiger partial charge in [0.25, 0.3) is 0 Å². The van der Waals surface area contributed by atoms with E-state index in [1.165, 1.54) is 0 Å². The van der Waals surface area contributed by atoms with E-state index >= 15 is 0 Å². The maximum atomic E-state index is 13.3. The summed E-state index contributed by atoms with van der Waals surface area (Å²) < 4.78 is 52.8. The van der Waals surface area contributed by atoms with Gasteiger partial charge in [-0.15, -0.1) is 0 Å². The minimum atomic E-state index is -4.66. The molecule has 2 aliphatic rings. The van der Waals surface area contributed by atoms with E-state index in [0.29, 0.717) is 12.5 Å². The van der Waals surface area contributed by atoms with E-state index in [4.69, 9.17) is 0 Å². The maximum Gasteiger partial charge on any atom is 0.416 e. The fourth-order valence-electron chi connectivity index (χ4n) is 4.17. The standard InChI is InChI=1S/C17H19F4NO2/c18-12-6-5-11(13(8-12)17(19,20)21)9-22-14-4-2-1-3-10(14)7-15(22)16(23)24/h5-6,8,10,14-15H,1-4,7,9H2,(H,23,24). The van der Waals surface area contributed by atoms with E-state index in [0.717, 1.165) is 37.8 Å². The number of hydrogen-bond donors (Lipinski definition) is 1. The van der Waals surface area contributed by atoms with E-state index in [2.05, 4.69) is 0 Å². The molecule has 1 saturated heterocycles. The molecule has 1 aliphatic heterocycles. The average molecular weight is 345 g/mol. The van der Waals surface area contributed by atoms with Crippen LogP contribution in [0.5, 0.6) is 0 Å². The number of likely N-dealkylation sites (tertiary alicyclic amines) is 1. The number of halogens is 4. The van der Waals surface area contributed by atoms with Crippen molar-refractivity contribution in [3.8, 4) is 0 Å². The minimum Gasteiger partial charge on any atom is -0.480 e. The van der Waals surface area contributed by atoms with Crippen LogP contribution in [-0.4, -0.2) is 28.1 Å². The van der Waals surface area contributed by atoms with E-state index in [1.54, 1.807) is 4.90 Å². The lowest BCUT2D eigenvalue weighted by Gasteiger charge is -2.33. The molecule has 1 aliphatic carbocycles. The first-order chi connectivity index (χ1) is 11.3. The highest BCUT2D eigenvalue weighted by atomic mass is 19.4. The number of carboxylic acid groups (broad SMARTS) is 1. The van der Waals surface area contributed by atoms with Crippen molar-refractivity contribution < 1.29 is 27.5 Å². The van der Waals surface area contributed by atoms with E-state index in [-0.39, 0.29) is 24.1 Å². The Hall–Kier alpha value is -1.63. The Labute approximate surface area is 137 Å². The van der Waals surface area contributed by atoms with Gasteiger partial charge >= 0.3 is 12.1 Å². The number of carboxylic acids is 1. The van der Waals surface area contributed by atoms with Crippen molar-refractivity contribution >= 4 is 5.97 Å². The lowest BCUT2D eigenvalue weighted by molar-refractivity contribution is -0.143. The van der Waals surface area contributed by atoms with Crippen LogP contribution in [0.25, 0.3) is 0 Å². The predicted molar refractivity (Wildman–Crippen MR) is 78.7 cm³/mol. The van der Waals surface area contributed by atoms with Crippen molar-refractivity contribution in [2.75, 3.05) is 0 Å². The van der Waals surface area contributed by atoms with Crippen LogP contribution in [0.4, 0.5) is 17.6 Å². The van der Waals surface area contributed by atoms with Crippen molar-refractivity contribution in [3.05, 3.63) is 35.1 Å². The van der Waals surface area contributed by atoms with Crippen LogP contribution < -0.4 is 0 Å². The largest absolute Gasteiger partial charge is 0.480 e. The third-order valence-electron chi connectivity index (χ3n) is 5.24. The Morgan fingerprint density at radius 2 is 1.96 bits per heavy atom. The zero-order valence-electron chi connectivity index (χ0n) is 13.0. The summed E-state index contributed by atoms with van der Waals surface area (Å²) in [5.41, 5.74) is -1.09. The summed E-state index contributed by atoms with van der Waals surface area (Å²) in [6, 6.07) is 1.82. The third kappa shape index (κ3) is 3.27. The van der Waals surface area contributed by atoms with Gasteiger partial charge in [-0.05, 0) is 42.9 Å². The molecule has 0 radical (unpaired) electrons. The third-order valence-corrected chi connectivity index (χ3v) is 5.24. The number of alkyl halides is 3. The molecule has 3 rings (SSSR count). The van der Waals surface area contributed by atoms with Gasteiger partial charge in [0.2, 0.25) is 0 Å². The van der Waals surface area contributed by atoms with Gasteiger partial charge in [0.15, 0.2) is 0 Å². The van der Waals surface area contributed by atoms with Crippen molar-refractivity contribution in [2.24, 2.45) is 5.92 Å². The van der Waals surface area contributed by atoms with Crippen LogP contribution in [0.1, 0.15) is 43.2 Å². The molecular weight excluding hydrogens is 326 g/mol. The molecule has 1 saturated carbocycles. The van der Waals surface area contributed by atoms with Gasteiger partial charge in [-0.3, -0.25) is 9.69 Å². The fourth-order valence-corrected chi connectivity index (χ4v) is 4.17. The van der Waals surface area contributed by atoms with Gasteiger partial charge in [0, 0.05) is 12.6 Å². The van der Waals surface area contributed by atoms with E-state index < -0.39 is 29.6 Å². The quantitative estimate of drug-likeness (QED) is 0.840. The summed E-state index contributed by atoms with van der Waals surface area (Å²) in [5, 5.41) is 9.46. The second-order valence-electron chi connectivity index (χ2n) is 6.67. The molecule has 7 heteroatoms. The van der Waals surface area contributed by atoms with Gasteiger partial charge in [-0.1, -0.05) is 18.9 Å². The summed E-state index contributed by atoms with van der Waals surface area (Å²) >= 11 is 0. The molecule has 2 fully saturated rings. The highest BCUT2D eigenvalue weighted by Gasteiger charge is 2.46. The smallest absolute Gasteiger partial charge is 0.416 e. The molecule has 3 unspecified atom stereocenters. The highest BCUT2D eigenvalue weighted by Crippen LogP contribution is 2.42. The summed E-state index contributed by atoms with van der Waals surface area (Å²) in [6.45, 7) is -0.118. The van der Waals surface area contributed by atoms with Crippen molar-refractivity contribution in [3.63, 3.8) is 0 Å². The monoisotopic (exact) mass is 345 g/mol. The SMILES string of the molecule is O=C(O)C1CC2CCCCC2N1Cc1ccc(F)cc1C(F)(F)F.